The first-order valence-electron chi connectivity index (χ1n) is 10.6. The van der Waals surface area contributed by atoms with Crippen molar-refractivity contribution in [2.45, 2.75) is 0 Å². The maximum absolute atomic E-state index is 12.9. The highest BCUT2D eigenvalue weighted by atomic mass is 35.5. The lowest BCUT2D eigenvalue weighted by molar-refractivity contribution is 0.0729. The molecule has 0 amide bonds. The van der Waals surface area contributed by atoms with Gasteiger partial charge in [-0.25, -0.2) is 14.8 Å². The molecule has 0 spiro atoms. The van der Waals surface area contributed by atoms with Gasteiger partial charge in [0, 0.05) is 5.39 Å². The van der Waals surface area contributed by atoms with Gasteiger partial charge in [-0.2, -0.15) is 5.26 Å². The summed E-state index contributed by atoms with van der Waals surface area (Å²) in [5, 5.41) is 10.5. The lowest BCUT2D eigenvalue weighted by atomic mass is 10.1. The highest BCUT2D eigenvalue weighted by Crippen LogP contribution is 2.31. The van der Waals surface area contributed by atoms with Crippen LogP contribution in [-0.2, 0) is 0 Å². The van der Waals surface area contributed by atoms with Crippen LogP contribution in [0.5, 0.6) is 11.5 Å². The first kappa shape index (κ1) is 22.1. The van der Waals surface area contributed by atoms with Crippen molar-refractivity contribution in [3.63, 3.8) is 0 Å². The van der Waals surface area contributed by atoms with E-state index in [0.29, 0.717) is 28.2 Å². The van der Waals surface area contributed by atoms with Gasteiger partial charge in [-0.15, -0.1) is 0 Å². The normalized spacial score (nSPS) is 11.4. The fourth-order valence-electron chi connectivity index (χ4n) is 3.65. The van der Waals surface area contributed by atoms with Gasteiger partial charge < -0.3 is 14.5 Å². The second kappa shape index (κ2) is 9.29. The van der Waals surface area contributed by atoms with Crippen LogP contribution in [0.3, 0.4) is 0 Å². The fourth-order valence-corrected chi connectivity index (χ4v) is 3.87. The molecule has 0 aliphatic rings. The molecule has 170 valence electrons. The highest BCUT2D eigenvalue weighted by molar-refractivity contribution is 6.33. The summed E-state index contributed by atoms with van der Waals surface area (Å²) in [6.45, 7) is 0. The van der Waals surface area contributed by atoms with E-state index in [4.69, 9.17) is 21.1 Å². The zero-order chi connectivity index (χ0) is 24.4. The van der Waals surface area contributed by atoms with Gasteiger partial charge in [0.2, 0.25) is 0 Å². The smallest absolute Gasteiger partial charge is 0.346 e. The van der Waals surface area contributed by atoms with Crippen LogP contribution in [-0.4, -0.2) is 28.0 Å². The lowest BCUT2D eigenvalue weighted by Crippen LogP contribution is -2.11. The first-order valence-corrected chi connectivity index (χ1v) is 11.0. The van der Waals surface area contributed by atoms with Crippen molar-refractivity contribution in [3.05, 3.63) is 94.9 Å². The van der Waals surface area contributed by atoms with Crippen LogP contribution in [0.1, 0.15) is 21.7 Å². The minimum atomic E-state index is -0.658. The number of nitrogens with zero attached hydrogens (tertiary/aromatic N) is 3. The maximum Gasteiger partial charge on any atom is 0.346 e. The number of aromatic amines is 1. The van der Waals surface area contributed by atoms with E-state index in [-0.39, 0.29) is 16.5 Å². The van der Waals surface area contributed by atoms with Crippen LogP contribution in [0.4, 0.5) is 0 Å². The quantitative estimate of drug-likeness (QED) is 0.142. The number of H-pyrrole nitrogens is 1. The third-order valence-corrected chi connectivity index (χ3v) is 5.65. The van der Waals surface area contributed by atoms with Crippen LogP contribution in [0, 0.1) is 11.3 Å². The minimum absolute atomic E-state index is 0.0525. The minimum Gasteiger partial charge on any atom is -0.493 e. The van der Waals surface area contributed by atoms with Gasteiger partial charge >= 0.3 is 5.97 Å². The Morgan fingerprint density at radius 3 is 2.54 bits per heavy atom. The van der Waals surface area contributed by atoms with E-state index < -0.39 is 5.97 Å². The molecule has 7 nitrogen and oxygen atoms in total. The Morgan fingerprint density at radius 2 is 1.77 bits per heavy atom. The van der Waals surface area contributed by atoms with E-state index in [1.165, 1.54) is 7.11 Å². The van der Waals surface area contributed by atoms with Crippen LogP contribution in [0.25, 0.3) is 33.6 Å². The number of nitrogens with one attached hydrogen (secondary N) is 1. The molecule has 0 atom stereocenters. The van der Waals surface area contributed by atoms with Gasteiger partial charge in [0.05, 0.1) is 34.8 Å². The molecule has 5 rings (SSSR count). The number of carbonyl (C=O) groups is 1. The predicted octanol–water partition coefficient (Wildman–Crippen LogP) is 6.06. The molecular formula is C27H17ClN4O3. The number of imidazole rings is 1. The molecule has 0 fully saturated rings. The number of aromatic nitrogens is 3. The van der Waals surface area contributed by atoms with E-state index in [1.54, 1.807) is 30.3 Å². The van der Waals surface area contributed by atoms with Gasteiger partial charge in [0.1, 0.15) is 17.0 Å². The third kappa shape index (κ3) is 4.43. The Kier molecular flexibility index (Phi) is 5.88. The van der Waals surface area contributed by atoms with Gasteiger partial charge in [0.15, 0.2) is 11.5 Å². The van der Waals surface area contributed by atoms with Crippen LogP contribution < -0.4 is 9.47 Å². The molecule has 0 aliphatic heterocycles. The van der Waals surface area contributed by atoms with E-state index in [2.05, 4.69) is 21.0 Å². The summed E-state index contributed by atoms with van der Waals surface area (Å²) in [6.07, 6.45) is 1.68. The number of benzene rings is 3. The number of allylic oxidation sites excluding steroid dienone is 1. The van der Waals surface area contributed by atoms with Gasteiger partial charge in [-0.1, -0.05) is 48.0 Å². The standard InChI is InChI=1S/C27H17ClN4O3/c1-34-24-13-16(12-18(15-29)26-31-21-8-4-5-9-22(21)32-26)10-11-23(24)35-27(33)19-14-17-6-2-3-7-20(17)30-25(19)28/h2-14H,1H3,(H,31,32). The van der Waals surface area contributed by atoms with Crippen LogP contribution >= 0.6 is 11.6 Å². The summed E-state index contributed by atoms with van der Waals surface area (Å²) in [5.41, 5.74) is 3.45. The molecule has 1 N–H and O–H groups in total. The zero-order valence-electron chi connectivity index (χ0n) is 18.4. The Balaban J connectivity index is 1.43. The predicted molar refractivity (Wildman–Crippen MR) is 134 cm³/mol. The van der Waals surface area contributed by atoms with Crippen molar-refractivity contribution < 1.29 is 14.3 Å². The monoisotopic (exact) mass is 480 g/mol. The summed E-state index contributed by atoms with van der Waals surface area (Å²) in [6, 6.07) is 23.7. The molecule has 2 heterocycles. The van der Waals surface area contributed by atoms with E-state index >= 15 is 0 Å². The number of carbonyl (C=O) groups excluding carboxylic acids is 1. The number of nitriles is 1. The Hall–Kier alpha value is -4.67. The third-order valence-electron chi connectivity index (χ3n) is 5.36. The second-order valence-electron chi connectivity index (χ2n) is 7.59. The average molecular weight is 481 g/mol. The number of para-hydroxylation sites is 3. The summed E-state index contributed by atoms with van der Waals surface area (Å²) in [7, 11) is 1.47. The summed E-state index contributed by atoms with van der Waals surface area (Å²) < 4.78 is 11.0. The van der Waals surface area contributed by atoms with E-state index in [1.807, 2.05) is 48.5 Å². The molecule has 0 bridgehead atoms. The Bertz CT molecular complexity index is 1630. The molecule has 0 saturated heterocycles. The SMILES string of the molecule is COc1cc(C=C(C#N)c2nc3ccccc3[nH]2)ccc1OC(=O)c1cc2ccccc2nc1Cl. The van der Waals surface area contributed by atoms with Crippen molar-refractivity contribution in [2.75, 3.05) is 7.11 Å². The van der Waals surface area contributed by atoms with Crippen molar-refractivity contribution in [1.29, 1.82) is 5.26 Å². The average Bonchev–Trinajstić information content (AvgIpc) is 3.31. The summed E-state index contributed by atoms with van der Waals surface area (Å²) in [5.74, 6) is 0.330. The van der Waals surface area contributed by atoms with Crippen molar-refractivity contribution >= 4 is 51.2 Å². The molecule has 8 heteroatoms. The number of hydrogen-bond donors (Lipinski definition) is 1. The van der Waals surface area contributed by atoms with Crippen molar-refractivity contribution in [2.24, 2.45) is 0 Å². The molecule has 2 aromatic heterocycles. The number of fused-ring (bicyclic) bond motifs is 2. The van der Waals surface area contributed by atoms with Gasteiger partial charge in [-0.3, -0.25) is 0 Å². The molecule has 0 saturated carbocycles. The van der Waals surface area contributed by atoms with E-state index in [9.17, 15) is 10.1 Å². The zero-order valence-corrected chi connectivity index (χ0v) is 19.2. The van der Waals surface area contributed by atoms with Gasteiger partial charge in [0.25, 0.3) is 0 Å². The largest absolute Gasteiger partial charge is 0.493 e. The number of esters is 1. The van der Waals surface area contributed by atoms with E-state index in [0.717, 1.165) is 16.4 Å². The number of pyridine rings is 1. The maximum atomic E-state index is 12.9. The Labute approximate surface area is 205 Å². The van der Waals surface area contributed by atoms with Crippen molar-refractivity contribution in [1.82, 2.24) is 15.0 Å². The number of rotatable bonds is 5. The highest BCUT2D eigenvalue weighted by Gasteiger charge is 2.18. The summed E-state index contributed by atoms with van der Waals surface area (Å²) in [4.78, 5) is 24.7. The molecule has 0 radical (unpaired) electrons. The van der Waals surface area contributed by atoms with Crippen LogP contribution in [0.2, 0.25) is 5.15 Å². The molecule has 0 aliphatic carbocycles. The lowest BCUT2D eigenvalue weighted by Gasteiger charge is -2.11. The first-order chi connectivity index (χ1) is 17.1. The summed E-state index contributed by atoms with van der Waals surface area (Å²) >= 11 is 6.23. The molecule has 35 heavy (non-hydrogen) atoms. The number of halogens is 1. The van der Waals surface area contributed by atoms with Gasteiger partial charge in [-0.05, 0) is 48.0 Å². The number of ether oxygens (including phenoxy) is 2. The number of hydrogen-bond acceptors (Lipinski definition) is 6. The van der Waals surface area contributed by atoms with Crippen molar-refractivity contribution in [3.8, 4) is 17.6 Å². The molecule has 0 unspecified atom stereocenters. The molecular weight excluding hydrogens is 464 g/mol. The topological polar surface area (TPSA) is 101 Å². The Morgan fingerprint density at radius 1 is 1.00 bits per heavy atom. The molecule has 5 aromatic rings. The second-order valence-corrected chi connectivity index (χ2v) is 7.95. The molecule has 3 aromatic carbocycles. The fraction of sp³-hybridized carbons (Fsp3) is 0.0370. The number of methoxy groups -OCH3 is 1. The van der Waals surface area contributed by atoms with Crippen LogP contribution in [0.15, 0.2) is 72.8 Å².